The summed E-state index contributed by atoms with van der Waals surface area (Å²) in [4.78, 5) is 15.5. The minimum Gasteiger partial charge on any atom is -0.680 e. The Balaban J connectivity index is -0.000000109. The molecule has 2 unspecified atom stereocenters. The second-order valence-corrected chi connectivity index (χ2v) is 7.76. The Labute approximate surface area is 195 Å². The summed E-state index contributed by atoms with van der Waals surface area (Å²) in [6.45, 7) is 26.0. The fraction of sp³-hybridized carbons (Fsp3) is 0.909. The fourth-order valence-electron chi connectivity index (χ4n) is 2.22. The van der Waals surface area contributed by atoms with Crippen LogP contribution in [0.5, 0.6) is 0 Å². The second-order valence-electron chi connectivity index (χ2n) is 7.76. The SMILES string of the molecule is CCC[N-]C([N-]C)C(C)(C)CC.CCC[N-]C([N-]C)C(C)(C)CC.[CH-]=O.[CH-]=O.[Ru+6]. The number of rotatable bonds is 12. The first-order valence-corrected chi connectivity index (χ1v) is 10.1. The zero-order valence-corrected chi connectivity index (χ0v) is 22.2. The summed E-state index contributed by atoms with van der Waals surface area (Å²) >= 11 is 0. The maximum absolute atomic E-state index is 7.75. The molecule has 0 aromatic heterocycles. The van der Waals surface area contributed by atoms with Gasteiger partial charge in [0.2, 0.25) is 0 Å². The molecule has 0 aliphatic carbocycles. The quantitative estimate of drug-likeness (QED) is 0.174. The number of nitrogens with zero attached hydrogens (tertiary/aromatic N) is 4. The Morgan fingerprint density at radius 2 is 0.897 bits per heavy atom. The van der Waals surface area contributed by atoms with Gasteiger partial charge in [-0.05, 0) is 0 Å². The Morgan fingerprint density at radius 3 is 1.03 bits per heavy atom. The Kier molecular flexibility index (Phi) is 35.0. The average Bonchev–Trinajstić information content (AvgIpc) is 2.72. The van der Waals surface area contributed by atoms with Crippen LogP contribution in [0.4, 0.5) is 0 Å². The molecule has 6 nitrogen and oxygen atoms in total. The number of carbonyl (C=O) groups excluding carboxylic acids is 2. The van der Waals surface area contributed by atoms with Crippen LogP contribution in [0.1, 0.15) is 81.1 Å². The van der Waals surface area contributed by atoms with Crippen LogP contribution in [0, 0.1) is 10.8 Å². The molecule has 174 valence electrons. The molecule has 0 spiro atoms. The third-order valence-corrected chi connectivity index (χ3v) is 4.76. The van der Waals surface area contributed by atoms with Crippen molar-refractivity contribution in [3.63, 3.8) is 0 Å². The van der Waals surface area contributed by atoms with Crippen molar-refractivity contribution in [2.45, 2.75) is 93.4 Å². The summed E-state index contributed by atoms with van der Waals surface area (Å²) < 4.78 is 0. The van der Waals surface area contributed by atoms with E-state index >= 15 is 0 Å². The van der Waals surface area contributed by atoms with Crippen molar-refractivity contribution in [1.29, 1.82) is 0 Å². The number of hydrogen-bond acceptors (Lipinski definition) is 2. The van der Waals surface area contributed by atoms with E-state index in [4.69, 9.17) is 9.59 Å². The van der Waals surface area contributed by atoms with Crippen molar-refractivity contribution in [2.75, 3.05) is 27.2 Å². The Bertz CT molecular complexity index is 289. The molecule has 0 saturated carbocycles. The van der Waals surface area contributed by atoms with E-state index in [1.807, 2.05) is 14.1 Å². The van der Waals surface area contributed by atoms with Gasteiger partial charge in [-0.15, -0.1) is 0 Å². The molecule has 0 amide bonds. The summed E-state index contributed by atoms with van der Waals surface area (Å²) in [5.74, 6) is 0. The second kappa shape index (κ2) is 25.8. The summed E-state index contributed by atoms with van der Waals surface area (Å²) in [6, 6.07) is 0. The van der Waals surface area contributed by atoms with Gasteiger partial charge < -0.3 is 30.9 Å². The van der Waals surface area contributed by atoms with Crippen LogP contribution in [-0.4, -0.2) is 53.1 Å². The van der Waals surface area contributed by atoms with Crippen LogP contribution in [0.15, 0.2) is 0 Å². The summed E-state index contributed by atoms with van der Waals surface area (Å²) in [6.07, 6.45) is 4.85. The Hall–Kier alpha value is -0.197. The van der Waals surface area contributed by atoms with Gasteiger partial charge in [-0.3, -0.25) is 13.6 Å². The van der Waals surface area contributed by atoms with Crippen molar-refractivity contribution in [3.8, 4) is 0 Å². The van der Waals surface area contributed by atoms with Crippen molar-refractivity contribution in [1.82, 2.24) is 0 Å². The third-order valence-electron chi connectivity index (χ3n) is 4.76. The van der Waals surface area contributed by atoms with Gasteiger partial charge in [0.1, 0.15) is 0 Å². The van der Waals surface area contributed by atoms with Gasteiger partial charge in [0, 0.05) is 0 Å². The van der Waals surface area contributed by atoms with Gasteiger partial charge in [0.25, 0.3) is 0 Å². The summed E-state index contributed by atoms with van der Waals surface area (Å²) in [5, 5.41) is 17.7. The van der Waals surface area contributed by atoms with Gasteiger partial charge in [0.05, 0.1) is 0 Å². The minimum atomic E-state index is 0. The molecule has 0 heterocycles. The van der Waals surface area contributed by atoms with Gasteiger partial charge in [0.15, 0.2) is 0 Å². The van der Waals surface area contributed by atoms with Crippen molar-refractivity contribution >= 4 is 13.6 Å². The molecule has 0 radical (unpaired) electrons. The van der Waals surface area contributed by atoms with Crippen LogP contribution >= 0.6 is 0 Å². The van der Waals surface area contributed by atoms with Crippen LogP contribution in [0.25, 0.3) is 21.3 Å². The first kappa shape index (κ1) is 39.3. The number of hydrogen-bond donors (Lipinski definition) is 0. The topological polar surface area (TPSA) is 90.5 Å². The van der Waals surface area contributed by atoms with Gasteiger partial charge in [-0.1, -0.05) is 91.9 Å². The Morgan fingerprint density at radius 1 is 0.655 bits per heavy atom. The normalized spacial score (nSPS) is 12.5. The molecule has 0 rings (SSSR count). The molecule has 7 heteroatoms. The summed E-state index contributed by atoms with van der Waals surface area (Å²) in [5.41, 5.74) is 0.452. The van der Waals surface area contributed by atoms with Crippen molar-refractivity contribution < 1.29 is 29.1 Å². The molecular weight excluding hydrogens is 453 g/mol. The van der Waals surface area contributed by atoms with Crippen LogP contribution in [0.2, 0.25) is 0 Å². The molecule has 0 aromatic carbocycles. The molecule has 0 aliphatic rings. The largest absolute Gasteiger partial charge is 6.00 e. The average molecular weight is 500 g/mol. The summed E-state index contributed by atoms with van der Waals surface area (Å²) in [7, 11) is 3.72. The van der Waals surface area contributed by atoms with E-state index in [-0.39, 0.29) is 42.6 Å². The van der Waals surface area contributed by atoms with Crippen molar-refractivity contribution in [3.05, 3.63) is 21.3 Å². The molecule has 0 fully saturated rings. The van der Waals surface area contributed by atoms with Gasteiger partial charge >= 0.3 is 19.5 Å². The van der Waals surface area contributed by atoms with E-state index in [1.54, 1.807) is 0 Å². The molecule has 0 aliphatic heterocycles. The van der Waals surface area contributed by atoms with E-state index in [0.29, 0.717) is 0 Å². The maximum atomic E-state index is 7.75. The van der Waals surface area contributed by atoms with E-state index in [0.717, 1.165) is 38.8 Å². The standard InChI is InChI=1S/2C10H22N2.2CHO.Ru/c2*1-6-8-12-9(11-5)10(3,4)7-2;2*1-2;/h2*9H,6-8H2,1-5H3;2*1H;/q2*-2;2*-1;+6. The zero-order chi connectivity index (χ0) is 23.2. The molecule has 0 aromatic rings. The maximum Gasteiger partial charge on any atom is 6.00 e. The van der Waals surface area contributed by atoms with Crippen LogP contribution in [0.3, 0.4) is 0 Å². The fourth-order valence-corrected chi connectivity index (χ4v) is 2.22. The predicted molar refractivity (Wildman–Crippen MR) is 125 cm³/mol. The van der Waals surface area contributed by atoms with E-state index < -0.39 is 0 Å². The van der Waals surface area contributed by atoms with E-state index in [9.17, 15) is 0 Å². The van der Waals surface area contributed by atoms with Crippen LogP contribution < -0.4 is 0 Å². The van der Waals surface area contributed by atoms with E-state index in [1.165, 1.54) is 0 Å². The molecule has 2 atom stereocenters. The van der Waals surface area contributed by atoms with Crippen molar-refractivity contribution in [2.24, 2.45) is 10.8 Å². The molecular formula is C22H46N4O2Ru. The van der Waals surface area contributed by atoms with Gasteiger partial charge in [-0.2, -0.15) is 27.2 Å². The minimum absolute atomic E-state index is 0. The third kappa shape index (κ3) is 20.8. The smallest absolute Gasteiger partial charge is 0.680 e. The molecule has 0 bridgehead atoms. The first-order chi connectivity index (χ1) is 13.2. The zero-order valence-electron chi connectivity index (χ0n) is 20.5. The monoisotopic (exact) mass is 500 g/mol. The molecule has 29 heavy (non-hydrogen) atoms. The van der Waals surface area contributed by atoms with Crippen LogP contribution in [-0.2, 0) is 29.1 Å². The van der Waals surface area contributed by atoms with E-state index in [2.05, 4.69) is 90.2 Å². The first-order valence-electron chi connectivity index (χ1n) is 10.1. The van der Waals surface area contributed by atoms with Gasteiger partial charge in [-0.25, -0.2) is 12.3 Å². The molecule has 0 N–H and O–H groups in total. The molecule has 0 saturated heterocycles. The predicted octanol–water partition coefficient (Wildman–Crippen LogP) is 6.52.